The summed E-state index contributed by atoms with van der Waals surface area (Å²) < 4.78 is 5.68. The number of halogens is 1. The quantitative estimate of drug-likeness (QED) is 0.519. The molecular weight excluding hydrogens is 328 g/mol. The van der Waals surface area contributed by atoms with Gasteiger partial charge >= 0.3 is 5.97 Å². The van der Waals surface area contributed by atoms with Crippen LogP contribution in [0, 0.1) is 0 Å². The summed E-state index contributed by atoms with van der Waals surface area (Å²) in [4.78, 5) is 11.1. The predicted molar refractivity (Wildman–Crippen MR) is 93.8 cm³/mol. The van der Waals surface area contributed by atoms with Gasteiger partial charge in [0.15, 0.2) is 0 Å². The van der Waals surface area contributed by atoms with E-state index in [9.17, 15) is 4.79 Å². The lowest BCUT2D eigenvalue weighted by Gasteiger charge is -2.03. The van der Waals surface area contributed by atoms with Crippen LogP contribution in [0.4, 0.5) is 5.69 Å². The van der Waals surface area contributed by atoms with Crippen molar-refractivity contribution < 1.29 is 14.3 Å². The van der Waals surface area contributed by atoms with E-state index in [4.69, 9.17) is 21.1 Å². The largest absolute Gasteiger partial charge is 0.478 e. The highest BCUT2D eigenvalue weighted by atomic mass is 35.5. The molecule has 0 spiro atoms. The molecule has 5 nitrogen and oxygen atoms in total. The lowest BCUT2D eigenvalue weighted by Crippen LogP contribution is -2.01. The molecule has 24 heavy (non-hydrogen) atoms. The van der Waals surface area contributed by atoms with Crippen LogP contribution in [-0.2, 0) is 0 Å². The molecule has 0 unspecified atom stereocenters. The van der Waals surface area contributed by atoms with Gasteiger partial charge in [-0.15, -0.1) is 0 Å². The molecule has 0 fully saturated rings. The Morgan fingerprint density at radius 1 is 1.08 bits per heavy atom. The standard InChI is InChI=1S/C18H13ClN2O3/c19-15-7-3-1-5-13(15)17-10-9-12(24-17)11-20-21-16-8-4-2-6-14(16)18(22)23/h1-11,21H,(H,22,23)/b20-11-. The number of nitrogens with zero attached hydrogens (tertiary/aromatic N) is 1. The fraction of sp³-hybridized carbons (Fsp3) is 0. The minimum atomic E-state index is -1.02. The number of aromatic carboxylic acids is 1. The van der Waals surface area contributed by atoms with E-state index in [1.54, 1.807) is 36.4 Å². The molecule has 0 amide bonds. The second-order valence-corrected chi connectivity index (χ2v) is 5.31. The molecule has 1 heterocycles. The molecule has 0 saturated heterocycles. The highest BCUT2D eigenvalue weighted by molar-refractivity contribution is 6.33. The van der Waals surface area contributed by atoms with Gasteiger partial charge in [0.25, 0.3) is 0 Å². The van der Waals surface area contributed by atoms with Crippen molar-refractivity contribution in [3.05, 3.63) is 77.0 Å². The number of para-hydroxylation sites is 1. The number of benzene rings is 2. The number of carboxylic acids is 1. The van der Waals surface area contributed by atoms with Crippen LogP contribution < -0.4 is 5.43 Å². The van der Waals surface area contributed by atoms with Crippen LogP contribution in [-0.4, -0.2) is 17.3 Å². The third-order valence-corrected chi connectivity index (χ3v) is 3.63. The van der Waals surface area contributed by atoms with Crippen molar-refractivity contribution >= 4 is 29.5 Å². The number of hydrogen-bond donors (Lipinski definition) is 2. The van der Waals surface area contributed by atoms with Crippen LogP contribution in [0.2, 0.25) is 5.02 Å². The first kappa shape index (κ1) is 15.8. The Kier molecular flexibility index (Phi) is 4.63. The monoisotopic (exact) mass is 340 g/mol. The van der Waals surface area contributed by atoms with Gasteiger partial charge in [-0.3, -0.25) is 5.43 Å². The van der Waals surface area contributed by atoms with Crippen molar-refractivity contribution in [2.75, 3.05) is 5.43 Å². The van der Waals surface area contributed by atoms with E-state index >= 15 is 0 Å². The van der Waals surface area contributed by atoms with Gasteiger partial charge in [-0.2, -0.15) is 5.10 Å². The zero-order valence-corrected chi connectivity index (χ0v) is 13.2. The van der Waals surface area contributed by atoms with Crippen molar-refractivity contribution in [1.82, 2.24) is 0 Å². The number of furan rings is 1. The van der Waals surface area contributed by atoms with Crippen LogP contribution in [0.25, 0.3) is 11.3 Å². The van der Waals surface area contributed by atoms with E-state index in [1.165, 1.54) is 12.3 Å². The Labute approximate surface area is 143 Å². The minimum absolute atomic E-state index is 0.144. The third kappa shape index (κ3) is 3.47. The molecule has 3 rings (SSSR count). The summed E-state index contributed by atoms with van der Waals surface area (Å²) in [7, 11) is 0. The van der Waals surface area contributed by atoms with Crippen LogP contribution in [0.5, 0.6) is 0 Å². The fourth-order valence-electron chi connectivity index (χ4n) is 2.16. The van der Waals surface area contributed by atoms with E-state index in [2.05, 4.69) is 10.5 Å². The molecule has 0 atom stereocenters. The smallest absolute Gasteiger partial charge is 0.337 e. The van der Waals surface area contributed by atoms with Gasteiger partial charge in [0.1, 0.15) is 11.5 Å². The van der Waals surface area contributed by atoms with Crippen molar-refractivity contribution in [3.63, 3.8) is 0 Å². The Bertz CT molecular complexity index is 903. The summed E-state index contributed by atoms with van der Waals surface area (Å²) in [6.07, 6.45) is 1.47. The van der Waals surface area contributed by atoms with E-state index < -0.39 is 5.97 Å². The van der Waals surface area contributed by atoms with Crippen LogP contribution in [0.3, 0.4) is 0 Å². The van der Waals surface area contributed by atoms with Gasteiger partial charge in [-0.25, -0.2) is 4.79 Å². The maximum absolute atomic E-state index is 11.1. The first-order valence-corrected chi connectivity index (χ1v) is 7.49. The average Bonchev–Trinajstić information content (AvgIpc) is 3.04. The molecule has 0 saturated carbocycles. The molecule has 1 aromatic heterocycles. The fourth-order valence-corrected chi connectivity index (χ4v) is 2.39. The number of hydrogen-bond acceptors (Lipinski definition) is 4. The zero-order chi connectivity index (χ0) is 16.9. The van der Waals surface area contributed by atoms with E-state index in [1.807, 2.05) is 18.2 Å². The van der Waals surface area contributed by atoms with Gasteiger partial charge in [0.2, 0.25) is 0 Å². The molecule has 2 N–H and O–H groups in total. The summed E-state index contributed by atoms with van der Waals surface area (Å²) in [5, 5.41) is 13.7. The predicted octanol–water partition coefficient (Wildman–Crippen LogP) is 4.74. The van der Waals surface area contributed by atoms with Crippen molar-refractivity contribution in [2.45, 2.75) is 0 Å². The first-order valence-electron chi connectivity index (χ1n) is 7.11. The van der Waals surface area contributed by atoms with Crippen LogP contribution >= 0.6 is 11.6 Å². The topological polar surface area (TPSA) is 74.8 Å². The maximum atomic E-state index is 11.1. The number of rotatable bonds is 5. The lowest BCUT2D eigenvalue weighted by atomic mass is 10.2. The Balaban J connectivity index is 1.75. The van der Waals surface area contributed by atoms with Gasteiger partial charge in [-0.1, -0.05) is 35.9 Å². The second-order valence-electron chi connectivity index (χ2n) is 4.90. The van der Waals surface area contributed by atoms with Gasteiger partial charge in [0, 0.05) is 5.56 Å². The minimum Gasteiger partial charge on any atom is -0.478 e. The maximum Gasteiger partial charge on any atom is 0.337 e. The molecule has 0 bridgehead atoms. The van der Waals surface area contributed by atoms with Crippen molar-refractivity contribution in [1.29, 1.82) is 0 Å². The number of hydrazone groups is 1. The van der Waals surface area contributed by atoms with E-state index in [-0.39, 0.29) is 5.56 Å². The number of carbonyl (C=O) groups is 1. The molecular formula is C18H13ClN2O3. The summed E-state index contributed by atoms with van der Waals surface area (Å²) >= 11 is 6.14. The lowest BCUT2D eigenvalue weighted by molar-refractivity contribution is 0.0698. The van der Waals surface area contributed by atoms with Gasteiger partial charge in [0.05, 0.1) is 22.5 Å². The highest BCUT2D eigenvalue weighted by Gasteiger charge is 2.08. The molecule has 0 aliphatic carbocycles. The molecule has 120 valence electrons. The number of carboxylic acid groups (broad SMARTS) is 1. The molecule has 0 aliphatic rings. The van der Waals surface area contributed by atoms with Crippen LogP contribution in [0.1, 0.15) is 16.1 Å². The zero-order valence-electron chi connectivity index (χ0n) is 12.4. The molecule has 2 aromatic carbocycles. The Hall–Kier alpha value is -3.05. The summed E-state index contributed by atoms with van der Waals surface area (Å²) in [6.45, 7) is 0. The third-order valence-electron chi connectivity index (χ3n) is 3.30. The molecule has 3 aromatic rings. The van der Waals surface area contributed by atoms with Gasteiger partial charge < -0.3 is 9.52 Å². The Morgan fingerprint density at radius 3 is 2.62 bits per heavy atom. The van der Waals surface area contributed by atoms with Crippen molar-refractivity contribution in [3.8, 4) is 11.3 Å². The SMILES string of the molecule is O=C(O)c1ccccc1N/N=C\c1ccc(-c2ccccc2Cl)o1. The van der Waals surface area contributed by atoms with Crippen LogP contribution in [0.15, 0.2) is 70.2 Å². The van der Waals surface area contributed by atoms with Crippen molar-refractivity contribution in [2.24, 2.45) is 5.10 Å². The average molecular weight is 341 g/mol. The van der Waals surface area contributed by atoms with Gasteiger partial charge in [-0.05, 0) is 36.4 Å². The van der Waals surface area contributed by atoms with E-state index in [0.717, 1.165) is 5.56 Å². The second kappa shape index (κ2) is 7.02. The highest BCUT2D eigenvalue weighted by Crippen LogP contribution is 2.28. The summed E-state index contributed by atoms with van der Waals surface area (Å²) in [6, 6.07) is 17.5. The number of nitrogens with one attached hydrogen (secondary N) is 1. The van der Waals surface area contributed by atoms with E-state index in [0.29, 0.717) is 22.2 Å². The molecule has 0 aliphatic heterocycles. The normalized spacial score (nSPS) is 10.9. The molecule has 6 heteroatoms. The molecule has 0 radical (unpaired) electrons. The number of anilines is 1. The summed E-state index contributed by atoms with van der Waals surface area (Å²) in [5.74, 6) is 0.130. The first-order chi connectivity index (χ1) is 11.6. The Morgan fingerprint density at radius 2 is 1.83 bits per heavy atom. The summed E-state index contributed by atoms with van der Waals surface area (Å²) in [5.41, 5.74) is 4.05.